The number of hydrogen-bond acceptors (Lipinski definition) is 1. The molecular formula is C10H13IN2. The highest BCUT2D eigenvalue weighted by molar-refractivity contribution is 5.41. The molecule has 0 spiro atoms. The summed E-state index contributed by atoms with van der Waals surface area (Å²) in [6.07, 6.45) is 9.14. The molecule has 1 rings (SSSR count). The van der Waals surface area contributed by atoms with E-state index >= 15 is 0 Å². The molecule has 0 saturated heterocycles. The van der Waals surface area contributed by atoms with E-state index in [-0.39, 0.29) is 24.0 Å². The molecule has 1 aromatic rings. The summed E-state index contributed by atoms with van der Waals surface area (Å²) in [4.78, 5) is 2.06. The molecule has 0 amide bonds. The number of pyridine rings is 1. The topological polar surface area (TPSA) is 7.12 Å². The summed E-state index contributed by atoms with van der Waals surface area (Å²) in [5.41, 5.74) is 1.18. The van der Waals surface area contributed by atoms with Crippen molar-refractivity contribution in [1.82, 2.24) is 0 Å². The van der Waals surface area contributed by atoms with Crippen molar-refractivity contribution in [2.45, 2.75) is 6.54 Å². The molecule has 0 saturated carbocycles. The Hall–Kier alpha value is -0.760. The van der Waals surface area contributed by atoms with E-state index in [1.807, 2.05) is 43.2 Å². The van der Waals surface area contributed by atoms with E-state index in [4.69, 9.17) is 6.42 Å². The molecule has 0 bridgehead atoms. The Morgan fingerprint density at radius 2 is 1.92 bits per heavy atom. The van der Waals surface area contributed by atoms with Gasteiger partial charge in [-0.1, -0.05) is 0 Å². The highest BCUT2D eigenvalue weighted by Crippen LogP contribution is 2.05. The average Bonchev–Trinajstić information content (AvgIpc) is 2.06. The fourth-order valence-electron chi connectivity index (χ4n) is 0.958. The van der Waals surface area contributed by atoms with Gasteiger partial charge in [-0.2, -0.15) is 4.57 Å². The second kappa shape index (κ2) is 5.81. The van der Waals surface area contributed by atoms with Crippen molar-refractivity contribution >= 4 is 5.69 Å². The maximum Gasteiger partial charge on any atom is 0.208 e. The zero-order valence-corrected chi connectivity index (χ0v) is 10.0. The van der Waals surface area contributed by atoms with Crippen LogP contribution in [0.15, 0.2) is 24.5 Å². The van der Waals surface area contributed by atoms with Crippen LogP contribution in [0.5, 0.6) is 0 Å². The minimum atomic E-state index is 0. The van der Waals surface area contributed by atoms with Gasteiger partial charge < -0.3 is 28.9 Å². The van der Waals surface area contributed by atoms with E-state index < -0.39 is 0 Å². The standard InChI is InChI=1S/C10H13N2.HI/c1-4-7-12-8-5-10(6-9-12)11(2)3;/h1,5-6,8-9H,7H2,2-3H3;1H/q+1;/p-1. The van der Waals surface area contributed by atoms with Crippen LogP contribution in [0.3, 0.4) is 0 Å². The van der Waals surface area contributed by atoms with E-state index in [1.54, 1.807) is 0 Å². The molecule has 3 heteroatoms. The van der Waals surface area contributed by atoms with Gasteiger partial charge in [-0.25, -0.2) is 0 Å². The fraction of sp³-hybridized carbons (Fsp3) is 0.300. The molecule has 0 aromatic carbocycles. The number of aromatic nitrogens is 1. The molecule has 1 heterocycles. The Morgan fingerprint density at radius 3 is 2.31 bits per heavy atom. The zero-order valence-electron chi connectivity index (χ0n) is 7.87. The number of anilines is 1. The van der Waals surface area contributed by atoms with Crippen molar-refractivity contribution in [2.24, 2.45) is 0 Å². The molecule has 0 aliphatic rings. The summed E-state index contributed by atoms with van der Waals surface area (Å²) >= 11 is 0. The van der Waals surface area contributed by atoms with Gasteiger partial charge in [0, 0.05) is 31.9 Å². The third kappa shape index (κ3) is 3.64. The van der Waals surface area contributed by atoms with Crippen molar-refractivity contribution < 1.29 is 28.5 Å². The van der Waals surface area contributed by atoms with Gasteiger partial charge in [0.25, 0.3) is 0 Å². The number of terminal acetylenes is 1. The summed E-state index contributed by atoms with van der Waals surface area (Å²) in [6.45, 7) is 0.633. The van der Waals surface area contributed by atoms with Crippen LogP contribution in [0, 0.1) is 12.3 Å². The van der Waals surface area contributed by atoms with Gasteiger partial charge in [-0.05, 0) is 5.92 Å². The lowest BCUT2D eigenvalue weighted by Gasteiger charge is -2.09. The first kappa shape index (κ1) is 12.2. The molecule has 2 nitrogen and oxygen atoms in total. The SMILES string of the molecule is C#CC[n+]1ccc(N(C)C)cc1.[I-]. The second-order valence-electron chi connectivity index (χ2n) is 2.83. The summed E-state index contributed by atoms with van der Waals surface area (Å²) in [6, 6.07) is 4.08. The van der Waals surface area contributed by atoms with Crippen LogP contribution in [0.2, 0.25) is 0 Å². The number of hydrogen-bond donors (Lipinski definition) is 0. The van der Waals surface area contributed by atoms with Gasteiger partial charge in [0.05, 0.1) is 0 Å². The zero-order chi connectivity index (χ0) is 8.97. The third-order valence-electron chi connectivity index (χ3n) is 1.66. The molecule has 0 atom stereocenters. The predicted octanol–water partition coefficient (Wildman–Crippen LogP) is -2.32. The van der Waals surface area contributed by atoms with Crippen molar-refractivity contribution in [2.75, 3.05) is 19.0 Å². The van der Waals surface area contributed by atoms with Crippen molar-refractivity contribution in [3.05, 3.63) is 24.5 Å². The van der Waals surface area contributed by atoms with E-state index in [2.05, 4.69) is 10.8 Å². The molecule has 0 aliphatic heterocycles. The van der Waals surface area contributed by atoms with Crippen molar-refractivity contribution in [3.8, 4) is 12.3 Å². The number of halogens is 1. The number of rotatable bonds is 2. The summed E-state index contributed by atoms with van der Waals surface area (Å²) in [7, 11) is 4.03. The lowest BCUT2D eigenvalue weighted by atomic mass is 10.4. The van der Waals surface area contributed by atoms with Crippen LogP contribution in [0.25, 0.3) is 0 Å². The fourth-order valence-corrected chi connectivity index (χ4v) is 0.958. The van der Waals surface area contributed by atoms with Gasteiger partial charge in [0.2, 0.25) is 6.54 Å². The van der Waals surface area contributed by atoms with Gasteiger partial charge in [-0.15, -0.1) is 6.42 Å². The van der Waals surface area contributed by atoms with Gasteiger partial charge in [-0.3, -0.25) is 0 Å². The maximum absolute atomic E-state index is 5.18. The lowest BCUT2D eigenvalue weighted by Crippen LogP contribution is -3.00. The molecule has 0 radical (unpaired) electrons. The second-order valence-corrected chi connectivity index (χ2v) is 2.83. The average molecular weight is 288 g/mol. The Bertz CT molecular complexity index is 285. The van der Waals surface area contributed by atoms with E-state index in [1.165, 1.54) is 5.69 Å². The quantitative estimate of drug-likeness (QED) is 0.337. The molecule has 0 unspecified atom stereocenters. The largest absolute Gasteiger partial charge is 1.00 e. The highest BCUT2D eigenvalue weighted by atomic mass is 127. The lowest BCUT2D eigenvalue weighted by molar-refractivity contribution is -0.684. The van der Waals surface area contributed by atoms with E-state index in [9.17, 15) is 0 Å². The summed E-state index contributed by atoms with van der Waals surface area (Å²) < 4.78 is 1.97. The Kier molecular flexibility index (Phi) is 5.47. The van der Waals surface area contributed by atoms with Crippen molar-refractivity contribution in [3.63, 3.8) is 0 Å². The van der Waals surface area contributed by atoms with Crippen LogP contribution >= 0.6 is 0 Å². The molecule has 13 heavy (non-hydrogen) atoms. The maximum atomic E-state index is 5.18. The molecular weight excluding hydrogens is 275 g/mol. The monoisotopic (exact) mass is 288 g/mol. The van der Waals surface area contributed by atoms with Crippen molar-refractivity contribution in [1.29, 1.82) is 0 Å². The molecule has 1 aromatic heterocycles. The third-order valence-corrected chi connectivity index (χ3v) is 1.66. The van der Waals surface area contributed by atoms with E-state index in [0.717, 1.165) is 0 Å². The van der Waals surface area contributed by atoms with E-state index in [0.29, 0.717) is 6.54 Å². The van der Waals surface area contributed by atoms with Gasteiger partial charge in [0.1, 0.15) is 0 Å². The predicted molar refractivity (Wildman–Crippen MR) is 49.8 cm³/mol. The first-order valence-electron chi connectivity index (χ1n) is 3.84. The van der Waals surface area contributed by atoms with Crippen LogP contribution in [0.4, 0.5) is 5.69 Å². The van der Waals surface area contributed by atoms with Crippen LogP contribution in [0.1, 0.15) is 0 Å². The normalized spacial score (nSPS) is 8.38. The highest BCUT2D eigenvalue weighted by Gasteiger charge is 1.98. The Morgan fingerprint density at radius 1 is 1.38 bits per heavy atom. The molecule has 70 valence electrons. The van der Waals surface area contributed by atoms with Gasteiger partial charge in [0.15, 0.2) is 12.4 Å². The van der Waals surface area contributed by atoms with Gasteiger partial charge >= 0.3 is 0 Å². The minimum Gasteiger partial charge on any atom is -1.00 e. The smallest absolute Gasteiger partial charge is 0.208 e. The number of nitrogens with zero attached hydrogens (tertiary/aromatic N) is 2. The summed E-state index contributed by atoms with van der Waals surface area (Å²) in [5, 5.41) is 0. The Labute approximate surface area is 96.6 Å². The summed E-state index contributed by atoms with van der Waals surface area (Å²) in [5.74, 6) is 2.58. The van der Waals surface area contributed by atoms with Crippen LogP contribution in [-0.4, -0.2) is 14.1 Å². The Balaban J connectivity index is 0.00000144. The minimum absolute atomic E-state index is 0. The first-order valence-corrected chi connectivity index (χ1v) is 3.84. The molecule has 0 N–H and O–H groups in total. The van der Waals surface area contributed by atoms with Crippen LogP contribution in [-0.2, 0) is 6.54 Å². The van der Waals surface area contributed by atoms with Crippen LogP contribution < -0.4 is 33.4 Å². The molecule has 0 fully saturated rings. The molecule has 0 aliphatic carbocycles. The first-order chi connectivity index (χ1) is 5.74.